The van der Waals surface area contributed by atoms with Gasteiger partial charge in [-0.25, -0.2) is 14.4 Å². The predicted octanol–water partition coefficient (Wildman–Crippen LogP) is 3.48. The lowest BCUT2D eigenvalue weighted by Gasteiger charge is -2.43. The lowest BCUT2D eigenvalue weighted by atomic mass is 9.99. The van der Waals surface area contributed by atoms with Crippen molar-refractivity contribution in [3.05, 3.63) is 108 Å². The van der Waals surface area contributed by atoms with E-state index in [9.17, 15) is 19.5 Å². The summed E-state index contributed by atoms with van der Waals surface area (Å²) in [4.78, 5) is 38.6. The zero-order valence-electron chi connectivity index (χ0n) is 21.1. The van der Waals surface area contributed by atoms with Gasteiger partial charge in [0.25, 0.3) is 0 Å². The minimum Gasteiger partial charge on any atom is -0.459 e. The molecule has 8 nitrogen and oxygen atoms in total. The molecule has 0 bridgehead atoms. The van der Waals surface area contributed by atoms with Gasteiger partial charge in [-0.2, -0.15) is 0 Å². The quantitative estimate of drug-likeness (QED) is 0.307. The molecule has 1 aliphatic heterocycles. The summed E-state index contributed by atoms with van der Waals surface area (Å²) < 4.78 is 23.1. The standard InChI is InChI=1S/C29H28O8S2/c1-2-39(38)29-25(37-28(33)21-16-10-5-11-17-21)24(36-27(32)20-14-8-4-9-15-20)23(30)22(35-29)18-34-26(31)19-12-6-3-7-13-19/h3-17,22-25,29-30H,2,18H2,1H3/t22?,23-,24?,25?,29-,39?/m0/s1. The number of rotatable bonds is 9. The molecule has 1 N–H and O–H groups in total. The van der Waals surface area contributed by atoms with Crippen molar-refractivity contribution in [3.63, 3.8) is 0 Å². The second kappa shape index (κ2) is 13.6. The Hall–Kier alpha value is -3.44. The lowest BCUT2D eigenvalue weighted by molar-refractivity contribution is -0.207. The number of hydrogen-bond donors (Lipinski definition) is 1. The number of aliphatic hydroxyl groups is 1. The van der Waals surface area contributed by atoms with Crippen LogP contribution in [0.15, 0.2) is 91.0 Å². The monoisotopic (exact) mass is 568 g/mol. The van der Waals surface area contributed by atoms with Gasteiger partial charge < -0.3 is 24.1 Å². The second-order valence-corrected chi connectivity index (χ2v) is 11.7. The summed E-state index contributed by atoms with van der Waals surface area (Å²) in [7, 11) is -0.891. The van der Waals surface area contributed by atoms with Gasteiger partial charge >= 0.3 is 17.9 Å². The first-order valence-electron chi connectivity index (χ1n) is 12.3. The van der Waals surface area contributed by atoms with E-state index < -0.39 is 57.2 Å². The highest BCUT2D eigenvalue weighted by molar-refractivity contribution is 8.29. The van der Waals surface area contributed by atoms with Crippen molar-refractivity contribution in [3.8, 4) is 0 Å². The van der Waals surface area contributed by atoms with Crippen LogP contribution in [-0.4, -0.2) is 65.2 Å². The molecule has 1 aliphatic rings. The molecular formula is C29H28O8S2. The van der Waals surface area contributed by atoms with Crippen LogP contribution in [0.1, 0.15) is 38.0 Å². The Balaban J connectivity index is 1.61. The molecule has 1 saturated heterocycles. The summed E-state index contributed by atoms with van der Waals surface area (Å²) in [5.41, 5.74) is -0.0490. The summed E-state index contributed by atoms with van der Waals surface area (Å²) in [5.74, 6) is -1.52. The zero-order valence-corrected chi connectivity index (χ0v) is 22.7. The van der Waals surface area contributed by atoms with Crippen molar-refractivity contribution >= 4 is 38.6 Å². The molecule has 6 atom stereocenters. The van der Waals surface area contributed by atoms with Crippen molar-refractivity contribution in [1.29, 1.82) is 0 Å². The predicted molar refractivity (Wildman–Crippen MR) is 148 cm³/mol. The summed E-state index contributed by atoms with van der Waals surface area (Å²) in [5, 5.41) is 11.3. The van der Waals surface area contributed by atoms with E-state index >= 15 is 0 Å². The van der Waals surface area contributed by atoms with Crippen LogP contribution in [0.25, 0.3) is 0 Å². The topological polar surface area (TPSA) is 108 Å². The normalized spacial score (nSPS) is 23.3. The average molecular weight is 569 g/mol. The third kappa shape index (κ3) is 7.15. The smallest absolute Gasteiger partial charge is 0.338 e. The van der Waals surface area contributed by atoms with Crippen LogP contribution >= 0.6 is 0 Å². The molecule has 3 aromatic carbocycles. The van der Waals surface area contributed by atoms with Gasteiger partial charge in [0.05, 0.1) is 16.7 Å². The molecule has 4 rings (SSSR count). The number of carbonyl (C=O) groups is 3. The fraction of sp³-hybridized carbons (Fsp3) is 0.276. The van der Waals surface area contributed by atoms with E-state index in [1.807, 2.05) is 6.92 Å². The van der Waals surface area contributed by atoms with Crippen molar-refractivity contribution in [2.75, 3.05) is 12.4 Å². The van der Waals surface area contributed by atoms with Gasteiger partial charge in [-0.05, 0) is 53.3 Å². The van der Waals surface area contributed by atoms with Gasteiger partial charge in [-0.1, -0.05) is 71.0 Å². The molecule has 0 aromatic heterocycles. The Labute approximate surface area is 233 Å². The van der Waals surface area contributed by atoms with E-state index in [1.54, 1.807) is 91.0 Å². The molecular weight excluding hydrogens is 540 g/mol. The maximum atomic E-state index is 13.0. The molecule has 1 heterocycles. The third-order valence-electron chi connectivity index (χ3n) is 6.06. The Morgan fingerprint density at radius 3 is 1.67 bits per heavy atom. The maximum absolute atomic E-state index is 13.0. The Bertz CT molecular complexity index is 1290. The average Bonchev–Trinajstić information content (AvgIpc) is 2.99. The lowest BCUT2D eigenvalue weighted by Crippen LogP contribution is -2.62. The first-order chi connectivity index (χ1) is 18.9. The van der Waals surface area contributed by atoms with Crippen molar-refractivity contribution in [2.45, 2.75) is 36.8 Å². The number of hydrogen-bond acceptors (Lipinski definition) is 9. The molecule has 0 aliphatic carbocycles. The highest BCUT2D eigenvalue weighted by Gasteiger charge is 2.51. The molecule has 3 aromatic rings. The molecule has 0 spiro atoms. The summed E-state index contributed by atoms with van der Waals surface area (Å²) >= 11 is 5.65. The Kier molecular flexibility index (Phi) is 9.94. The molecule has 0 saturated carbocycles. The maximum Gasteiger partial charge on any atom is 0.338 e. The molecule has 4 unspecified atom stereocenters. The summed E-state index contributed by atoms with van der Waals surface area (Å²) in [6, 6.07) is 24.9. The van der Waals surface area contributed by atoms with Gasteiger partial charge in [0, 0.05) is 0 Å². The highest BCUT2D eigenvalue weighted by atomic mass is 32.8. The molecule has 10 heteroatoms. The largest absolute Gasteiger partial charge is 0.459 e. The van der Waals surface area contributed by atoms with Crippen LogP contribution in [0.3, 0.4) is 0 Å². The second-order valence-electron chi connectivity index (χ2n) is 8.64. The van der Waals surface area contributed by atoms with E-state index in [0.717, 1.165) is 0 Å². The molecule has 0 radical (unpaired) electrons. The summed E-state index contributed by atoms with van der Waals surface area (Å²) in [6.07, 6.45) is -5.13. The molecule has 1 fully saturated rings. The van der Waals surface area contributed by atoms with Gasteiger partial charge in [0.2, 0.25) is 0 Å². The van der Waals surface area contributed by atoms with Crippen molar-refractivity contribution in [2.24, 2.45) is 0 Å². The molecule has 39 heavy (non-hydrogen) atoms. The Morgan fingerprint density at radius 2 is 1.21 bits per heavy atom. The number of esters is 3. The van der Waals surface area contributed by atoms with Gasteiger partial charge in [-0.3, -0.25) is 0 Å². The van der Waals surface area contributed by atoms with E-state index in [2.05, 4.69) is 0 Å². The van der Waals surface area contributed by atoms with Crippen LogP contribution in [0.4, 0.5) is 0 Å². The van der Waals surface area contributed by atoms with Crippen molar-refractivity contribution < 1.29 is 38.4 Å². The van der Waals surface area contributed by atoms with Gasteiger partial charge in [-0.15, -0.1) is 0 Å². The van der Waals surface area contributed by atoms with E-state index in [1.165, 1.54) is 0 Å². The Morgan fingerprint density at radius 1 is 0.769 bits per heavy atom. The molecule has 204 valence electrons. The van der Waals surface area contributed by atoms with Gasteiger partial charge in [0.1, 0.15) is 24.3 Å². The van der Waals surface area contributed by atoms with E-state index in [-0.39, 0.29) is 17.7 Å². The van der Waals surface area contributed by atoms with E-state index in [0.29, 0.717) is 11.3 Å². The fourth-order valence-electron chi connectivity index (χ4n) is 4.01. The van der Waals surface area contributed by atoms with Crippen LogP contribution in [0, 0.1) is 0 Å². The van der Waals surface area contributed by atoms with Crippen LogP contribution in [-0.2, 0) is 39.6 Å². The first-order valence-corrected chi connectivity index (χ1v) is 14.7. The molecule has 0 amide bonds. The minimum atomic E-state index is -1.49. The van der Waals surface area contributed by atoms with E-state index in [4.69, 9.17) is 30.1 Å². The highest BCUT2D eigenvalue weighted by Crippen LogP contribution is 2.30. The first kappa shape index (κ1) is 28.6. The third-order valence-corrected chi connectivity index (χ3v) is 8.80. The number of benzene rings is 3. The summed E-state index contributed by atoms with van der Waals surface area (Å²) in [6.45, 7) is 1.52. The number of carbonyl (C=O) groups excluding carboxylic acids is 3. The van der Waals surface area contributed by atoms with Gasteiger partial charge in [0.15, 0.2) is 12.2 Å². The fourth-order valence-corrected chi connectivity index (χ4v) is 5.58. The zero-order chi connectivity index (χ0) is 27.8. The minimum absolute atomic E-state index is 0.251. The number of aliphatic hydroxyl groups excluding tert-OH is 1. The number of ether oxygens (including phenoxy) is 4. The SMILES string of the molecule is CCS(=S)[C@@H]1OC(COC(=O)c2ccccc2)[C@H](O)C(OC(=O)c2ccccc2)C1OC(=O)c1ccccc1. The van der Waals surface area contributed by atoms with Crippen LogP contribution in [0.2, 0.25) is 0 Å². The van der Waals surface area contributed by atoms with Crippen molar-refractivity contribution in [1.82, 2.24) is 0 Å². The van der Waals surface area contributed by atoms with Crippen LogP contribution in [0.5, 0.6) is 0 Å². The van der Waals surface area contributed by atoms with Crippen LogP contribution < -0.4 is 0 Å².